The van der Waals surface area contributed by atoms with Crippen molar-refractivity contribution in [1.82, 2.24) is 0 Å². The topological polar surface area (TPSA) is 26.3 Å². The molecule has 0 radical (unpaired) electrons. The van der Waals surface area contributed by atoms with E-state index in [9.17, 15) is 9.18 Å². The summed E-state index contributed by atoms with van der Waals surface area (Å²) < 4.78 is 18.8. The lowest BCUT2D eigenvalue weighted by Gasteiger charge is -2.08. The van der Waals surface area contributed by atoms with E-state index in [2.05, 4.69) is 0 Å². The molecule has 1 saturated carbocycles. The molecule has 3 rings (SSSR count). The molecule has 1 aromatic rings. The van der Waals surface area contributed by atoms with Crippen molar-refractivity contribution in [1.29, 1.82) is 0 Å². The Kier molecular flexibility index (Phi) is 2.20. The third kappa shape index (κ3) is 1.70. The largest absolute Gasteiger partial charge is 0.479 e. The predicted octanol–water partition coefficient (Wildman–Crippen LogP) is 2.50. The Labute approximate surface area is 93.4 Å². The number of hydrogen-bond acceptors (Lipinski definition) is 2. The number of carbonyl (C=O) groups excluding carboxylic acids is 1. The number of Topliss-reactive ketones (excluding diaryl/α,β-unsaturated/α-hetero) is 1. The maximum absolute atomic E-state index is 13.4. The lowest BCUT2D eigenvalue weighted by Crippen LogP contribution is -2.25. The molecule has 0 saturated heterocycles. The lowest BCUT2D eigenvalue weighted by atomic mass is 10.0. The average Bonchev–Trinajstić information content (AvgIpc) is 2.95. The van der Waals surface area contributed by atoms with Gasteiger partial charge < -0.3 is 4.74 Å². The molecule has 16 heavy (non-hydrogen) atoms. The highest BCUT2D eigenvalue weighted by molar-refractivity contribution is 5.85. The molecule has 1 aliphatic carbocycles. The van der Waals surface area contributed by atoms with Gasteiger partial charge in [0.15, 0.2) is 23.5 Å². The summed E-state index contributed by atoms with van der Waals surface area (Å²) in [5.41, 5.74) is 0.814. The average molecular weight is 220 g/mol. The molecule has 1 fully saturated rings. The molecule has 1 aromatic carbocycles. The van der Waals surface area contributed by atoms with Crippen LogP contribution in [-0.4, -0.2) is 11.9 Å². The molecule has 1 atom stereocenters. The van der Waals surface area contributed by atoms with Gasteiger partial charge in [-0.3, -0.25) is 4.79 Å². The van der Waals surface area contributed by atoms with Crippen LogP contribution in [0.5, 0.6) is 5.75 Å². The first-order chi connectivity index (χ1) is 7.74. The number of hydrogen-bond donors (Lipinski definition) is 0. The monoisotopic (exact) mass is 220 g/mol. The van der Waals surface area contributed by atoms with E-state index in [1.165, 1.54) is 6.07 Å². The fourth-order valence-electron chi connectivity index (χ4n) is 2.15. The third-order valence-corrected chi connectivity index (χ3v) is 3.26. The third-order valence-electron chi connectivity index (χ3n) is 3.26. The Morgan fingerprint density at radius 1 is 1.44 bits per heavy atom. The minimum atomic E-state index is -0.451. The molecule has 2 aliphatic rings. The molecule has 0 spiro atoms. The van der Waals surface area contributed by atoms with Crippen molar-refractivity contribution in [2.45, 2.75) is 31.8 Å². The minimum Gasteiger partial charge on any atom is -0.479 e. The van der Waals surface area contributed by atoms with E-state index >= 15 is 0 Å². The molecule has 2 nitrogen and oxygen atoms in total. The van der Waals surface area contributed by atoms with E-state index in [4.69, 9.17) is 4.74 Å². The molecule has 1 unspecified atom stereocenters. The quantitative estimate of drug-likeness (QED) is 0.782. The molecule has 3 heteroatoms. The van der Waals surface area contributed by atoms with Crippen LogP contribution in [0.1, 0.15) is 24.8 Å². The van der Waals surface area contributed by atoms with Gasteiger partial charge in [0, 0.05) is 18.4 Å². The first kappa shape index (κ1) is 9.82. The smallest absolute Gasteiger partial charge is 0.173 e. The number of halogens is 1. The van der Waals surface area contributed by atoms with Crippen molar-refractivity contribution in [2.75, 3.05) is 0 Å². The number of fused-ring (bicyclic) bond motifs is 1. The van der Waals surface area contributed by atoms with Crippen LogP contribution < -0.4 is 4.74 Å². The highest BCUT2D eigenvalue weighted by atomic mass is 19.1. The van der Waals surface area contributed by atoms with Gasteiger partial charge in [-0.05, 0) is 24.8 Å². The SMILES string of the molecule is O=C(CC1CC1)C1Cc2cccc(F)c2O1. The first-order valence-electron chi connectivity index (χ1n) is 5.71. The number of benzene rings is 1. The Hall–Kier alpha value is -1.38. The summed E-state index contributed by atoms with van der Waals surface area (Å²) in [5.74, 6) is 0.596. The molecule has 0 amide bonds. The molecular formula is C13H13FO2. The summed E-state index contributed by atoms with van der Waals surface area (Å²) in [7, 11) is 0. The van der Waals surface area contributed by atoms with Gasteiger partial charge in [0.2, 0.25) is 0 Å². The maximum atomic E-state index is 13.4. The Morgan fingerprint density at radius 3 is 2.94 bits per heavy atom. The second-order valence-electron chi connectivity index (χ2n) is 4.65. The van der Waals surface area contributed by atoms with Crippen LogP contribution in [0.15, 0.2) is 18.2 Å². The van der Waals surface area contributed by atoms with Gasteiger partial charge in [0.05, 0.1) is 0 Å². The molecule has 1 heterocycles. The van der Waals surface area contributed by atoms with Gasteiger partial charge in [-0.2, -0.15) is 0 Å². The highest BCUT2D eigenvalue weighted by Gasteiger charge is 2.34. The van der Waals surface area contributed by atoms with Crippen molar-refractivity contribution in [3.05, 3.63) is 29.6 Å². The number of ether oxygens (including phenoxy) is 1. The summed E-state index contributed by atoms with van der Waals surface area (Å²) in [6, 6.07) is 4.85. The Bertz CT molecular complexity index is 438. The van der Waals surface area contributed by atoms with Gasteiger partial charge in [-0.25, -0.2) is 4.39 Å². The normalized spacial score (nSPS) is 22.7. The van der Waals surface area contributed by atoms with Gasteiger partial charge in [-0.15, -0.1) is 0 Å². The van der Waals surface area contributed by atoms with Crippen molar-refractivity contribution in [2.24, 2.45) is 5.92 Å². The van der Waals surface area contributed by atoms with E-state index in [0.717, 1.165) is 18.4 Å². The fourth-order valence-corrected chi connectivity index (χ4v) is 2.15. The van der Waals surface area contributed by atoms with Crippen LogP contribution >= 0.6 is 0 Å². The summed E-state index contributed by atoms with van der Waals surface area (Å²) in [4.78, 5) is 11.8. The molecule has 84 valence electrons. The van der Waals surface area contributed by atoms with E-state index in [1.54, 1.807) is 6.07 Å². The van der Waals surface area contributed by atoms with Gasteiger partial charge in [0.1, 0.15) is 0 Å². The van der Waals surface area contributed by atoms with E-state index < -0.39 is 6.10 Å². The zero-order valence-electron chi connectivity index (χ0n) is 8.91. The summed E-state index contributed by atoms with van der Waals surface area (Å²) in [6.45, 7) is 0. The molecule has 0 aromatic heterocycles. The lowest BCUT2D eigenvalue weighted by molar-refractivity contribution is -0.125. The number of para-hydroxylation sites is 1. The number of ketones is 1. The van der Waals surface area contributed by atoms with Gasteiger partial charge >= 0.3 is 0 Å². The zero-order valence-corrected chi connectivity index (χ0v) is 8.91. The number of carbonyl (C=O) groups is 1. The maximum Gasteiger partial charge on any atom is 0.173 e. The van der Waals surface area contributed by atoms with E-state index in [0.29, 0.717) is 18.8 Å². The molecule has 0 N–H and O–H groups in total. The van der Waals surface area contributed by atoms with Crippen molar-refractivity contribution in [3.8, 4) is 5.75 Å². The van der Waals surface area contributed by atoms with Crippen LogP contribution in [0.2, 0.25) is 0 Å². The van der Waals surface area contributed by atoms with Crippen LogP contribution in [-0.2, 0) is 11.2 Å². The summed E-state index contributed by atoms with van der Waals surface area (Å²) >= 11 is 0. The molecule has 1 aliphatic heterocycles. The highest BCUT2D eigenvalue weighted by Crippen LogP contribution is 2.36. The second-order valence-corrected chi connectivity index (χ2v) is 4.65. The zero-order chi connectivity index (χ0) is 11.1. The minimum absolute atomic E-state index is 0.123. The summed E-state index contributed by atoms with van der Waals surface area (Å²) in [6.07, 6.45) is 2.98. The Balaban J connectivity index is 1.74. The van der Waals surface area contributed by atoms with Crippen molar-refractivity contribution in [3.63, 3.8) is 0 Å². The number of rotatable bonds is 3. The van der Waals surface area contributed by atoms with E-state index in [1.807, 2.05) is 6.07 Å². The van der Waals surface area contributed by atoms with Crippen molar-refractivity contribution >= 4 is 5.78 Å². The molecule has 0 bridgehead atoms. The van der Waals surface area contributed by atoms with Crippen LogP contribution in [0.3, 0.4) is 0 Å². The van der Waals surface area contributed by atoms with E-state index in [-0.39, 0.29) is 17.3 Å². The van der Waals surface area contributed by atoms with Crippen LogP contribution in [0.25, 0.3) is 0 Å². The standard InChI is InChI=1S/C13H13FO2/c14-10-3-1-2-9-7-12(16-13(9)10)11(15)6-8-4-5-8/h1-3,8,12H,4-7H2. The van der Waals surface area contributed by atoms with Crippen LogP contribution in [0, 0.1) is 11.7 Å². The van der Waals surface area contributed by atoms with Gasteiger partial charge in [0.25, 0.3) is 0 Å². The molecular weight excluding hydrogens is 207 g/mol. The van der Waals surface area contributed by atoms with Crippen LogP contribution in [0.4, 0.5) is 4.39 Å². The van der Waals surface area contributed by atoms with Crippen molar-refractivity contribution < 1.29 is 13.9 Å². The predicted molar refractivity (Wildman–Crippen MR) is 56.9 cm³/mol. The fraction of sp³-hybridized carbons (Fsp3) is 0.462. The second kappa shape index (κ2) is 3.58. The Morgan fingerprint density at radius 2 is 2.25 bits per heavy atom. The first-order valence-corrected chi connectivity index (χ1v) is 5.71. The summed E-state index contributed by atoms with van der Waals surface area (Å²) in [5, 5.41) is 0. The van der Waals surface area contributed by atoms with Gasteiger partial charge in [-0.1, -0.05) is 12.1 Å².